The number of amides is 1. The van der Waals surface area contributed by atoms with Crippen LogP contribution in [0.5, 0.6) is 0 Å². The Bertz CT molecular complexity index is 741. The number of carbonyl (C=O) groups is 1. The van der Waals surface area contributed by atoms with Gasteiger partial charge in [0.15, 0.2) is 0 Å². The fraction of sp³-hybridized carbons (Fsp3) is 0.214. The molecule has 0 saturated carbocycles. The summed E-state index contributed by atoms with van der Waals surface area (Å²) in [7, 11) is 3.25. The lowest BCUT2D eigenvalue weighted by molar-refractivity contribution is -0.384. The molecule has 1 aromatic heterocycles. The molecule has 0 aliphatic rings. The van der Waals surface area contributed by atoms with Gasteiger partial charge in [0.25, 0.3) is 11.6 Å². The lowest BCUT2D eigenvalue weighted by Gasteiger charge is -2.15. The van der Waals surface area contributed by atoms with Gasteiger partial charge in [-0.1, -0.05) is 0 Å². The van der Waals surface area contributed by atoms with E-state index in [-0.39, 0.29) is 17.5 Å². The van der Waals surface area contributed by atoms with Gasteiger partial charge in [0.2, 0.25) is 5.95 Å². The van der Waals surface area contributed by atoms with Crippen LogP contribution < -0.4 is 5.73 Å². The lowest BCUT2D eigenvalue weighted by atomic mass is 10.0. The first kappa shape index (κ1) is 15.4. The molecule has 8 heteroatoms. The van der Waals surface area contributed by atoms with E-state index in [2.05, 4.69) is 9.97 Å². The van der Waals surface area contributed by atoms with Crippen LogP contribution in [-0.2, 0) is 0 Å². The van der Waals surface area contributed by atoms with Crippen molar-refractivity contribution in [2.45, 2.75) is 6.92 Å². The molecule has 2 N–H and O–H groups in total. The van der Waals surface area contributed by atoms with Crippen LogP contribution in [0.25, 0.3) is 11.3 Å². The highest BCUT2D eigenvalue weighted by atomic mass is 16.6. The summed E-state index contributed by atoms with van der Waals surface area (Å²) in [5, 5.41) is 10.7. The second-order valence-electron chi connectivity index (χ2n) is 4.89. The highest BCUT2D eigenvalue weighted by molar-refractivity contribution is 6.00. The number of nitrogen functional groups attached to an aromatic ring is 1. The van der Waals surface area contributed by atoms with Crippen LogP contribution in [0.4, 0.5) is 11.6 Å². The molecule has 1 heterocycles. The summed E-state index contributed by atoms with van der Waals surface area (Å²) in [5.74, 6) is -0.216. The second-order valence-corrected chi connectivity index (χ2v) is 4.89. The van der Waals surface area contributed by atoms with Crippen molar-refractivity contribution in [3.8, 4) is 11.3 Å². The van der Waals surface area contributed by atoms with Crippen LogP contribution in [0.15, 0.2) is 24.3 Å². The van der Waals surface area contributed by atoms with E-state index in [4.69, 9.17) is 5.73 Å². The molecule has 0 fully saturated rings. The normalized spacial score (nSPS) is 10.3. The van der Waals surface area contributed by atoms with Crippen molar-refractivity contribution in [1.82, 2.24) is 14.9 Å². The third-order valence-corrected chi connectivity index (χ3v) is 3.08. The quantitative estimate of drug-likeness (QED) is 0.680. The number of anilines is 1. The number of nitro benzene ring substituents is 1. The first-order chi connectivity index (χ1) is 10.3. The molecule has 1 amide bonds. The summed E-state index contributed by atoms with van der Waals surface area (Å²) in [4.78, 5) is 32.1. The Morgan fingerprint density at radius 3 is 2.32 bits per heavy atom. The number of nitrogens with two attached hydrogens (primary N) is 1. The highest BCUT2D eigenvalue weighted by Crippen LogP contribution is 2.27. The smallest absolute Gasteiger partial charge is 0.269 e. The van der Waals surface area contributed by atoms with Crippen LogP contribution >= 0.6 is 0 Å². The Labute approximate surface area is 126 Å². The maximum Gasteiger partial charge on any atom is 0.269 e. The van der Waals surface area contributed by atoms with Gasteiger partial charge in [-0.3, -0.25) is 14.9 Å². The van der Waals surface area contributed by atoms with Crippen LogP contribution in [0.3, 0.4) is 0 Å². The second kappa shape index (κ2) is 5.76. The maximum absolute atomic E-state index is 12.3. The van der Waals surface area contributed by atoms with Crippen LogP contribution in [-0.4, -0.2) is 39.8 Å². The minimum absolute atomic E-state index is 0.0389. The number of carbonyl (C=O) groups excluding carboxylic acids is 1. The Morgan fingerprint density at radius 2 is 1.82 bits per heavy atom. The Hall–Kier alpha value is -3.03. The Morgan fingerprint density at radius 1 is 1.23 bits per heavy atom. The molecule has 0 spiro atoms. The zero-order valence-electron chi connectivity index (χ0n) is 12.4. The first-order valence-corrected chi connectivity index (χ1v) is 6.42. The third-order valence-electron chi connectivity index (χ3n) is 3.08. The molecule has 22 heavy (non-hydrogen) atoms. The average Bonchev–Trinajstić information content (AvgIpc) is 2.45. The van der Waals surface area contributed by atoms with Crippen molar-refractivity contribution in [1.29, 1.82) is 0 Å². The van der Waals surface area contributed by atoms with E-state index < -0.39 is 4.92 Å². The summed E-state index contributed by atoms with van der Waals surface area (Å²) in [5.41, 5.74) is 7.33. The number of benzene rings is 1. The van der Waals surface area contributed by atoms with Crippen molar-refractivity contribution in [3.63, 3.8) is 0 Å². The zero-order valence-corrected chi connectivity index (χ0v) is 12.4. The van der Waals surface area contributed by atoms with E-state index >= 15 is 0 Å². The molecule has 2 aromatic rings. The van der Waals surface area contributed by atoms with Crippen molar-refractivity contribution < 1.29 is 9.72 Å². The third kappa shape index (κ3) is 2.85. The van der Waals surface area contributed by atoms with Crippen molar-refractivity contribution in [2.24, 2.45) is 0 Å². The van der Waals surface area contributed by atoms with Gasteiger partial charge in [-0.05, 0) is 19.1 Å². The summed E-state index contributed by atoms with van der Waals surface area (Å²) in [6.45, 7) is 1.67. The number of rotatable bonds is 3. The fourth-order valence-electron chi connectivity index (χ4n) is 2.02. The molecule has 8 nitrogen and oxygen atoms in total. The van der Waals surface area contributed by atoms with Gasteiger partial charge in [-0.2, -0.15) is 0 Å². The first-order valence-electron chi connectivity index (χ1n) is 6.42. The van der Waals surface area contributed by atoms with Gasteiger partial charge in [-0.25, -0.2) is 9.97 Å². The summed E-state index contributed by atoms with van der Waals surface area (Å²) < 4.78 is 0. The molecule has 2 rings (SSSR count). The maximum atomic E-state index is 12.3. The standard InChI is InChI=1S/C14H15N5O3/c1-8-11(13(20)18(2)3)12(17-14(15)16-8)9-4-6-10(7-5-9)19(21)22/h4-7H,1-3H3,(H2,15,16,17). The minimum atomic E-state index is -0.491. The number of hydrogen-bond donors (Lipinski definition) is 1. The van der Waals surface area contributed by atoms with Gasteiger partial charge in [0.1, 0.15) is 0 Å². The van der Waals surface area contributed by atoms with Crippen LogP contribution in [0, 0.1) is 17.0 Å². The van der Waals surface area contributed by atoms with Gasteiger partial charge in [-0.15, -0.1) is 0 Å². The molecule has 0 radical (unpaired) electrons. The molecule has 0 atom stereocenters. The summed E-state index contributed by atoms with van der Waals surface area (Å²) in [6, 6.07) is 5.78. The SMILES string of the molecule is Cc1nc(N)nc(-c2ccc([N+](=O)[O-])cc2)c1C(=O)N(C)C. The molecule has 1 aromatic carbocycles. The number of aryl methyl sites for hydroxylation is 1. The summed E-state index contributed by atoms with van der Waals surface area (Å²) in [6.07, 6.45) is 0. The minimum Gasteiger partial charge on any atom is -0.368 e. The average molecular weight is 301 g/mol. The molecule has 0 bridgehead atoms. The molecule has 0 saturated heterocycles. The van der Waals surface area contributed by atoms with E-state index in [0.29, 0.717) is 22.5 Å². The number of aromatic nitrogens is 2. The molecule has 0 unspecified atom stereocenters. The number of nitrogens with zero attached hydrogens (tertiary/aromatic N) is 4. The largest absolute Gasteiger partial charge is 0.368 e. The molecular formula is C14H15N5O3. The van der Waals surface area contributed by atoms with E-state index in [1.165, 1.54) is 29.2 Å². The monoisotopic (exact) mass is 301 g/mol. The van der Waals surface area contributed by atoms with Gasteiger partial charge >= 0.3 is 0 Å². The van der Waals surface area contributed by atoms with Gasteiger partial charge in [0, 0.05) is 31.8 Å². The zero-order chi connectivity index (χ0) is 16.4. The summed E-state index contributed by atoms with van der Waals surface area (Å²) >= 11 is 0. The van der Waals surface area contributed by atoms with Crippen molar-refractivity contribution >= 4 is 17.5 Å². The van der Waals surface area contributed by atoms with E-state index in [1.807, 2.05) is 0 Å². The molecule has 0 aliphatic carbocycles. The Kier molecular flexibility index (Phi) is 4.02. The number of hydrogen-bond acceptors (Lipinski definition) is 6. The van der Waals surface area contributed by atoms with Gasteiger partial charge < -0.3 is 10.6 Å². The lowest BCUT2D eigenvalue weighted by Crippen LogP contribution is -2.24. The molecular weight excluding hydrogens is 286 g/mol. The van der Waals surface area contributed by atoms with Gasteiger partial charge in [0.05, 0.1) is 21.9 Å². The molecule has 0 aliphatic heterocycles. The van der Waals surface area contributed by atoms with E-state index in [0.717, 1.165) is 0 Å². The van der Waals surface area contributed by atoms with E-state index in [1.54, 1.807) is 21.0 Å². The number of nitro groups is 1. The number of non-ortho nitro benzene ring substituents is 1. The Balaban J connectivity index is 2.63. The van der Waals surface area contributed by atoms with Crippen molar-refractivity contribution in [2.75, 3.05) is 19.8 Å². The van der Waals surface area contributed by atoms with Crippen LogP contribution in [0.2, 0.25) is 0 Å². The molecule has 114 valence electrons. The topological polar surface area (TPSA) is 115 Å². The van der Waals surface area contributed by atoms with E-state index in [9.17, 15) is 14.9 Å². The highest BCUT2D eigenvalue weighted by Gasteiger charge is 2.21. The van der Waals surface area contributed by atoms with Crippen LogP contribution in [0.1, 0.15) is 16.1 Å². The van der Waals surface area contributed by atoms with Crippen molar-refractivity contribution in [3.05, 3.63) is 45.6 Å². The predicted molar refractivity (Wildman–Crippen MR) is 81.3 cm³/mol. The fourth-order valence-corrected chi connectivity index (χ4v) is 2.02. The predicted octanol–water partition coefficient (Wildman–Crippen LogP) is 1.64.